The number of hydrogen-bond acceptors (Lipinski definition) is 5. The van der Waals surface area contributed by atoms with Crippen LogP contribution in [0.15, 0.2) is 24.3 Å². The molecule has 0 radical (unpaired) electrons. The molecule has 162 valence electrons. The number of rotatable bonds is 5. The molecule has 1 fully saturated rings. The summed E-state index contributed by atoms with van der Waals surface area (Å²) < 4.78 is 0. The van der Waals surface area contributed by atoms with Crippen LogP contribution in [-0.2, 0) is 29.2 Å². The lowest BCUT2D eigenvalue weighted by atomic mass is 9.92. The molecular formula is C22H22ClN3O4S. The van der Waals surface area contributed by atoms with Crippen LogP contribution in [-0.4, -0.2) is 34.4 Å². The van der Waals surface area contributed by atoms with E-state index in [9.17, 15) is 19.2 Å². The van der Waals surface area contributed by atoms with Crippen LogP contribution in [0.4, 0.5) is 4.79 Å². The zero-order valence-corrected chi connectivity index (χ0v) is 18.6. The molecule has 1 unspecified atom stereocenters. The van der Waals surface area contributed by atoms with Crippen LogP contribution in [0.2, 0.25) is 5.02 Å². The predicted molar refractivity (Wildman–Crippen MR) is 117 cm³/mol. The molecule has 31 heavy (non-hydrogen) atoms. The lowest BCUT2D eigenvalue weighted by Gasteiger charge is -2.29. The van der Waals surface area contributed by atoms with Crippen molar-refractivity contribution in [3.05, 3.63) is 55.7 Å². The van der Waals surface area contributed by atoms with Crippen molar-refractivity contribution >= 4 is 46.4 Å². The maximum Gasteiger partial charge on any atom is 0.315 e. The molecule has 9 heteroatoms. The average Bonchev–Trinajstić information content (AvgIpc) is 3.26. The van der Waals surface area contributed by atoms with Gasteiger partial charge in [-0.2, -0.15) is 0 Å². The normalized spacial score (nSPS) is 18.3. The third-order valence-corrected chi connectivity index (χ3v) is 7.16. The number of Topliss-reactive ketones (excluding diaryl/α,β-unsaturated/α-hetero) is 2. The number of halogens is 1. The van der Waals surface area contributed by atoms with Gasteiger partial charge >= 0.3 is 6.03 Å². The summed E-state index contributed by atoms with van der Waals surface area (Å²) in [6.45, 7) is 2.96. The number of fused-ring (bicyclic) bond motifs is 1. The predicted octanol–water partition coefficient (Wildman–Crippen LogP) is 3.36. The second-order valence-electron chi connectivity index (χ2n) is 7.86. The van der Waals surface area contributed by atoms with Crippen molar-refractivity contribution < 1.29 is 19.2 Å². The van der Waals surface area contributed by atoms with Gasteiger partial charge in [-0.25, -0.2) is 4.79 Å². The molecule has 1 atom stereocenters. The molecule has 1 aromatic carbocycles. The molecule has 2 heterocycles. The Morgan fingerprint density at radius 2 is 1.97 bits per heavy atom. The van der Waals surface area contributed by atoms with E-state index >= 15 is 0 Å². The van der Waals surface area contributed by atoms with Gasteiger partial charge < -0.3 is 15.5 Å². The Hall–Kier alpha value is -2.71. The lowest BCUT2D eigenvalue weighted by molar-refractivity contribution is -0.133. The number of nitrogens with one attached hydrogen (secondary N) is 2. The molecule has 1 saturated carbocycles. The minimum absolute atomic E-state index is 0.0558. The van der Waals surface area contributed by atoms with E-state index in [0.717, 1.165) is 21.6 Å². The summed E-state index contributed by atoms with van der Waals surface area (Å²) in [6.07, 6.45) is 0.660. The van der Waals surface area contributed by atoms with Gasteiger partial charge in [-0.1, -0.05) is 23.7 Å². The van der Waals surface area contributed by atoms with Crippen molar-refractivity contribution in [1.82, 2.24) is 15.5 Å². The fourth-order valence-corrected chi connectivity index (χ4v) is 5.13. The van der Waals surface area contributed by atoms with Crippen LogP contribution >= 0.6 is 22.9 Å². The molecule has 2 aromatic rings. The Kier molecular flexibility index (Phi) is 6.11. The topological polar surface area (TPSA) is 95.6 Å². The molecule has 7 nitrogen and oxygen atoms in total. The van der Waals surface area contributed by atoms with Crippen molar-refractivity contribution in [2.75, 3.05) is 0 Å². The molecule has 4 rings (SSSR count). The number of carbonyl (C=O) groups excluding carboxylic acids is 4. The summed E-state index contributed by atoms with van der Waals surface area (Å²) in [5.74, 6) is -0.396. The standard InChI is InChI=1S/C22H22ClN3O4S/c1-12-2-3-13(6-17(12)23)9-24-22(30)25-10-16-7-14-11-26(21(29)20(14)31-16)18-5-4-15(27)8-19(18)28/h2-3,6-7,18H,4-5,8-11H2,1H3,(H2,24,25,30). The highest BCUT2D eigenvalue weighted by Gasteiger charge is 2.40. The summed E-state index contributed by atoms with van der Waals surface area (Å²) in [5.41, 5.74) is 2.76. The Balaban J connectivity index is 1.29. The highest BCUT2D eigenvalue weighted by Crippen LogP contribution is 2.34. The fourth-order valence-electron chi connectivity index (χ4n) is 3.86. The summed E-state index contributed by atoms with van der Waals surface area (Å²) in [6, 6.07) is 6.73. The van der Waals surface area contributed by atoms with Crippen molar-refractivity contribution in [1.29, 1.82) is 0 Å². The first-order chi connectivity index (χ1) is 14.8. The van der Waals surface area contributed by atoms with Gasteiger partial charge in [0.1, 0.15) is 5.78 Å². The number of nitrogens with zero attached hydrogens (tertiary/aromatic N) is 1. The number of carbonyl (C=O) groups is 4. The van der Waals surface area contributed by atoms with Gasteiger partial charge in [-0.3, -0.25) is 14.4 Å². The molecule has 1 aliphatic heterocycles. The van der Waals surface area contributed by atoms with Gasteiger partial charge in [0.15, 0.2) is 5.78 Å². The third kappa shape index (κ3) is 4.65. The van der Waals surface area contributed by atoms with E-state index in [1.54, 1.807) is 4.90 Å². The highest BCUT2D eigenvalue weighted by atomic mass is 35.5. The van der Waals surface area contributed by atoms with E-state index in [0.29, 0.717) is 42.4 Å². The average molecular weight is 460 g/mol. The number of thiophene rings is 1. The van der Waals surface area contributed by atoms with Crippen LogP contribution in [0.25, 0.3) is 0 Å². The second kappa shape index (κ2) is 8.80. The Morgan fingerprint density at radius 1 is 1.19 bits per heavy atom. The van der Waals surface area contributed by atoms with Gasteiger partial charge in [0.25, 0.3) is 5.91 Å². The van der Waals surface area contributed by atoms with Crippen molar-refractivity contribution in [2.24, 2.45) is 0 Å². The van der Waals surface area contributed by atoms with Crippen LogP contribution in [0.1, 0.15) is 50.5 Å². The fraction of sp³-hybridized carbons (Fsp3) is 0.364. The largest absolute Gasteiger partial charge is 0.334 e. The Labute approximate surface area is 188 Å². The molecule has 0 spiro atoms. The molecule has 1 aliphatic carbocycles. The number of benzene rings is 1. The summed E-state index contributed by atoms with van der Waals surface area (Å²) in [7, 11) is 0. The summed E-state index contributed by atoms with van der Waals surface area (Å²) in [5, 5.41) is 6.24. The van der Waals surface area contributed by atoms with Crippen molar-refractivity contribution in [3.63, 3.8) is 0 Å². The van der Waals surface area contributed by atoms with Crippen LogP contribution in [0, 0.1) is 6.92 Å². The minimum atomic E-state index is -0.507. The number of ketones is 2. The Bertz CT molecular complexity index is 1080. The second-order valence-corrected chi connectivity index (χ2v) is 9.40. The van der Waals surface area contributed by atoms with Crippen molar-refractivity contribution in [2.45, 2.75) is 51.9 Å². The first kappa shape index (κ1) is 21.5. The van der Waals surface area contributed by atoms with E-state index in [1.165, 1.54) is 11.3 Å². The summed E-state index contributed by atoms with van der Waals surface area (Å²) in [4.78, 5) is 51.6. The van der Waals surface area contributed by atoms with Crippen molar-refractivity contribution in [3.8, 4) is 0 Å². The van der Waals surface area contributed by atoms with E-state index in [1.807, 2.05) is 31.2 Å². The monoisotopic (exact) mass is 459 g/mol. The SMILES string of the molecule is Cc1ccc(CNC(=O)NCc2cc3c(s2)C(=O)N(C2CCC(=O)CC2=O)C3)cc1Cl. The van der Waals surface area contributed by atoms with E-state index < -0.39 is 6.04 Å². The number of aryl methyl sites for hydroxylation is 1. The van der Waals surface area contributed by atoms with Crippen LogP contribution < -0.4 is 10.6 Å². The molecule has 2 N–H and O–H groups in total. The number of hydrogen-bond donors (Lipinski definition) is 2. The highest BCUT2D eigenvalue weighted by molar-refractivity contribution is 7.14. The maximum atomic E-state index is 12.8. The first-order valence-corrected chi connectivity index (χ1v) is 11.2. The van der Waals surface area contributed by atoms with Gasteiger partial charge in [0.05, 0.1) is 23.9 Å². The summed E-state index contributed by atoms with van der Waals surface area (Å²) >= 11 is 7.43. The van der Waals surface area contributed by atoms with Crippen LogP contribution in [0.5, 0.6) is 0 Å². The molecule has 0 saturated heterocycles. The molecular weight excluding hydrogens is 438 g/mol. The molecule has 3 amide bonds. The zero-order chi connectivity index (χ0) is 22.1. The maximum absolute atomic E-state index is 12.8. The zero-order valence-electron chi connectivity index (χ0n) is 17.0. The lowest BCUT2D eigenvalue weighted by Crippen LogP contribution is -2.44. The molecule has 2 aliphatic rings. The molecule has 1 aromatic heterocycles. The first-order valence-electron chi connectivity index (χ1n) is 10.1. The van der Waals surface area contributed by atoms with Crippen LogP contribution in [0.3, 0.4) is 0 Å². The van der Waals surface area contributed by atoms with E-state index in [2.05, 4.69) is 10.6 Å². The number of amides is 3. The minimum Gasteiger partial charge on any atom is -0.334 e. The van der Waals surface area contributed by atoms with E-state index in [4.69, 9.17) is 11.6 Å². The third-order valence-electron chi connectivity index (χ3n) is 5.58. The van der Waals surface area contributed by atoms with Gasteiger partial charge in [0.2, 0.25) is 0 Å². The smallest absolute Gasteiger partial charge is 0.315 e. The van der Waals surface area contributed by atoms with Gasteiger partial charge in [0, 0.05) is 29.4 Å². The van der Waals surface area contributed by atoms with Gasteiger partial charge in [-0.05, 0) is 42.2 Å². The Morgan fingerprint density at radius 3 is 2.68 bits per heavy atom. The molecule has 0 bridgehead atoms. The number of urea groups is 1. The van der Waals surface area contributed by atoms with E-state index in [-0.39, 0.29) is 29.9 Å². The quantitative estimate of drug-likeness (QED) is 0.670. The van der Waals surface area contributed by atoms with Gasteiger partial charge in [-0.15, -0.1) is 11.3 Å².